The highest BCUT2D eigenvalue weighted by atomic mass is 16.3. The molecule has 0 aliphatic carbocycles. The molecule has 0 atom stereocenters. The van der Waals surface area contributed by atoms with Crippen LogP contribution in [0.1, 0.15) is 60.0 Å². The van der Waals surface area contributed by atoms with Crippen molar-refractivity contribution in [2.24, 2.45) is 5.92 Å². The van der Waals surface area contributed by atoms with Crippen LogP contribution in [0.3, 0.4) is 0 Å². The predicted molar refractivity (Wildman–Crippen MR) is 119 cm³/mol. The minimum absolute atomic E-state index is 0.0472. The van der Waals surface area contributed by atoms with Gasteiger partial charge in [0.1, 0.15) is 5.76 Å². The predicted octanol–water partition coefficient (Wildman–Crippen LogP) is 3.81. The number of furan rings is 1. The van der Waals surface area contributed by atoms with Gasteiger partial charge in [0.2, 0.25) is 0 Å². The van der Waals surface area contributed by atoms with Crippen LogP contribution in [0.25, 0.3) is 0 Å². The number of rotatable bonds is 5. The normalized spacial score (nSPS) is 16.2. The van der Waals surface area contributed by atoms with Gasteiger partial charge in [-0.25, -0.2) is 0 Å². The van der Waals surface area contributed by atoms with Gasteiger partial charge in [0, 0.05) is 30.1 Å². The summed E-state index contributed by atoms with van der Waals surface area (Å²) in [6.45, 7) is 0.985. The number of amides is 3. The second-order valence-electron chi connectivity index (χ2n) is 8.33. The standard InChI is InChI=1S/C26H22N2O5/c29-23(17-5-2-1-3-6-17)18-10-12-27(13-11-18)24(30)19-8-9-21-22(15-19)26(32)28(25(21)31)16-20-7-4-14-33-20/h1-9,14-15,18H,10-13,16H2. The van der Waals surface area contributed by atoms with Crippen molar-refractivity contribution in [3.05, 3.63) is 94.9 Å². The molecule has 1 saturated heterocycles. The first kappa shape index (κ1) is 20.9. The molecular weight excluding hydrogens is 420 g/mol. The molecule has 0 radical (unpaired) electrons. The summed E-state index contributed by atoms with van der Waals surface area (Å²) in [5, 5.41) is 0. The van der Waals surface area contributed by atoms with E-state index in [9.17, 15) is 19.2 Å². The number of hydrogen-bond donors (Lipinski definition) is 0. The molecule has 1 fully saturated rings. The fourth-order valence-electron chi connectivity index (χ4n) is 4.49. The van der Waals surface area contributed by atoms with Crippen molar-refractivity contribution >= 4 is 23.5 Å². The largest absolute Gasteiger partial charge is 0.467 e. The van der Waals surface area contributed by atoms with Gasteiger partial charge in [0.05, 0.1) is 23.9 Å². The zero-order chi connectivity index (χ0) is 22.9. The molecule has 3 amide bonds. The summed E-state index contributed by atoms with van der Waals surface area (Å²) in [5.41, 5.74) is 1.58. The van der Waals surface area contributed by atoms with Crippen molar-refractivity contribution in [3.8, 4) is 0 Å². The van der Waals surface area contributed by atoms with Crippen molar-refractivity contribution < 1.29 is 23.6 Å². The van der Waals surface area contributed by atoms with E-state index in [4.69, 9.17) is 4.42 Å². The van der Waals surface area contributed by atoms with Crippen LogP contribution in [0.15, 0.2) is 71.3 Å². The third-order valence-corrected chi connectivity index (χ3v) is 6.32. The zero-order valence-corrected chi connectivity index (χ0v) is 17.9. The van der Waals surface area contributed by atoms with E-state index in [-0.39, 0.29) is 35.3 Å². The molecule has 0 saturated carbocycles. The van der Waals surface area contributed by atoms with E-state index in [1.54, 1.807) is 23.1 Å². The second kappa shape index (κ2) is 8.50. The molecule has 2 aliphatic heterocycles. The minimum Gasteiger partial charge on any atom is -0.467 e. The molecule has 0 spiro atoms. The first-order chi connectivity index (χ1) is 16.0. The smallest absolute Gasteiger partial charge is 0.261 e. The van der Waals surface area contributed by atoms with Crippen molar-refractivity contribution in [2.75, 3.05) is 13.1 Å². The molecule has 2 aromatic carbocycles. The lowest BCUT2D eigenvalue weighted by atomic mass is 9.88. The summed E-state index contributed by atoms with van der Waals surface area (Å²) in [6.07, 6.45) is 2.68. The van der Waals surface area contributed by atoms with Crippen molar-refractivity contribution in [3.63, 3.8) is 0 Å². The number of Topliss-reactive ketones (excluding diaryl/α,β-unsaturated/α-hetero) is 1. The maximum Gasteiger partial charge on any atom is 0.261 e. The van der Waals surface area contributed by atoms with Gasteiger partial charge in [-0.05, 0) is 43.2 Å². The van der Waals surface area contributed by atoms with Crippen LogP contribution in [0.2, 0.25) is 0 Å². The minimum atomic E-state index is -0.437. The van der Waals surface area contributed by atoms with E-state index in [1.807, 2.05) is 30.3 Å². The van der Waals surface area contributed by atoms with Gasteiger partial charge in [-0.3, -0.25) is 24.1 Å². The first-order valence-corrected chi connectivity index (χ1v) is 10.9. The lowest BCUT2D eigenvalue weighted by molar-refractivity contribution is 0.0631. The summed E-state index contributed by atoms with van der Waals surface area (Å²) in [7, 11) is 0. The average molecular weight is 442 g/mol. The van der Waals surface area contributed by atoms with Gasteiger partial charge in [-0.15, -0.1) is 0 Å². The van der Waals surface area contributed by atoms with Gasteiger partial charge in [0.15, 0.2) is 5.78 Å². The Bertz CT molecular complexity index is 1220. The lowest BCUT2D eigenvalue weighted by Crippen LogP contribution is -2.40. The van der Waals surface area contributed by atoms with Gasteiger partial charge < -0.3 is 9.32 Å². The average Bonchev–Trinajstić information content (AvgIpc) is 3.46. The third-order valence-electron chi connectivity index (χ3n) is 6.32. The van der Waals surface area contributed by atoms with Gasteiger partial charge in [-0.2, -0.15) is 0 Å². The molecule has 7 heteroatoms. The van der Waals surface area contributed by atoms with Gasteiger partial charge in [-0.1, -0.05) is 30.3 Å². The Morgan fingerprint density at radius 2 is 1.58 bits per heavy atom. The van der Waals surface area contributed by atoms with E-state index in [2.05, 4.69) is 0 Å². The molecule has 1 aromatic heterocycles. The molecule has 0 N–H and O–H groups in total. The second-order valence-corrected chi connectivity index (χ2v) is 8.33. The molecule has 166 valence electrons. The number of carbonyl (C=O) groups is 4. The van der Waals surface area contributed by atoms with E-state index in [0.717, 1.165) is 4.90 Å². The molecule has 0 bridgehead atoms. The highest BCUT2D eigenvalue weighted by Gasteiger charge is 2.37. The Morgan fingerprint density at radius 1 is 0.848 bits per heavy atom. The quantitative estimate of drug-likeness (QED) is 0.443. The van der Waals surface area contributed by atoms with E-state index in [1.165, 1.54) is 18.4 Å². The Kier molecular flexibility index (Phi) is 5.38. The van der Waals surface area contributed by atoms with Crippen LogP contribution in [0.5, 0.6) is 0 Å². The maximum absolute atomic E-state index is 13.1. The van der Waals surface area contributed by atoms with Crippen molar-refractivity contribution in [1.82, 2.24) is 9.80 Å². The SMILES string of the molecule is O=C(c1ccccc1)C1CCN(C(=O)c2ccc3c(c2)C(=O)N(Cc2ccco2)C3=O)CC1. The molecule has 3 aromatic rings. The molecule has 5 rings (SSSR count). The number of nitrogens with zero attached hydrogens (tertiary/aromatic N) is 2. The highest BCUT2D eigenvalue weighted by molar-refractivity contribution is 6.22. The Balaban J connectivity index is 1.27. The number of fused-ring (bicyclic) bond motifs is 1. The van der Waals surface area contributed by atoms with Crippen LogP contribution < -0.4 is 0 Å². The summed E-state index contributed by atoms with van der Waals surface area (Å²) in [5.74, 6) is -0.521. The fourth-order valence-corrected chi connectivity index (χ4v) is 4.49. The van der Waals surface area contributed by atoms with Crippen LogP contribution in [0.4, 0.5) is 0 Å². The molecule has 7 nitrogen and oxygen atoms in total. The molecule has 33 heavy (non-hydrogen) atoms. The fraction of sp³-hybridized carbons (Fsp3) is 0.231. The number of ketones is 1. The Morgan fingerprint density at radius 3 is 2.27 bits per heavy atom. The summed E-state index contributed by atoms with van der Waals surface area (Å²) >= 11 is 0. The van der Waals surface area contributed by atoms with E-state index in [0.29, 0.717) is 42.8 Å². The molecule has 2 aliphatic rings. The molecule has 0 unspecified atom stereocenters. The molecular formula is C26H22N2O5. The molecule has 3 heterocycles. The number of piperidine rings is 1. The Hall–Kier alpha value is -4.00. The number of likely N-dealkylation sites (tertiary alicyclic amines) is 1. The van der Waals surface area contributed by atoms with Crippen molar-refractivity contribution in [1.29, 1.82) is 0 Å². The number of hydrogen-bond acceptors (Lipinski definition) is 5. The maximum atomic E-state index is 13.1. The monoisotopic (exact) mass is 442 g/mol. The number of carbonyl (C=O) groups excluding carboxylic acids is 4. The topological polar surface area (TPSA) is 87.9 Å². The lowest BCUT2D eigenvalue weighted by Gasteiger charge is -2.31. The summed E-state index contributed by atoms with van der Waals surface area (Å²) in [6, 6.07) is 17.2. The highest BCUT2D eigenvalue weighted by Crippen LogP contribution is 2.28. The number of imide groups is 1. The summed E-state index contributed by atoms with van der Waals surface area (Å²) in [4.78, 5) is 54.1. The van der Waals surface area contributed by atoms with Crippen LogP contribution in [0, 0.1) is 5.92 Å². The van der Waals surface area contributed by atoms with Crippen LogP contribution in [-0.2, 0) is 6.54 Å². The first-order valence-electron chi connectivity index (χ1n) is 10.9. The van der Waals surface area contributed by atoms with E-state index >= 15 is 0 Å². The number of benzene rings is 2. The van der Waals surface area contributed by atoms with Gasteiger partial charge in [0.25, 0.3) is 17.7 Å². The van der Waals surface area contributed by atoms with Crippen molar-refractivity contribution in [2.45, 2.75) is 19.4 Å². The van der Waals surface area contributed by atoms with Crippen LogP contribution in [-0.4, -0.2) is 46.4 Å². The van der Waals surface area contributed by atoms with Crippen LogP contribution >= 0.6 is 0 Å². The summed E-state index contributed by atoms with van der Waals surface area (Å²) < 4.78 is 5.25. The Labute approximate surface area is 190 Å². The third kappa shape index (κ3) is 3.86. The van der Waals surface area contributed by atoms with Gasteiger partial charge >= 0.3 is 0 Å². The van der Waals surface area contributed by atoms with E-state index < -0.39 is 11.8 Å². The zero-order valence-electron chi connectivity index (χ0n) is 17.9.